The number of phenols is 1. The maximum Gasteiger partial charge on any atom is 0.245 e. The molecule has 1 aromatic rings. The highest BCUT2D eigenvalue weighted by Gasteiger charge is 2.43. The number of rotatable bonds is 1. The van der Waals surface area contributed by atoms with Crippen LogP contribution in [0.4, 0.5) is 0 Å². The number of nitrogens with zero attached hydrogens (tertiary/aromatic N) is 1. The second-order valence-electron chi connectivity index (χ2n) is 5.79. The number of amides is 2. The van der Waals surface area contributed by atoms with Crippen molar-refractivity contribution in [3.63, 3.8) is 0 Å². The summed E-state index contributed by atoms with van der Waals surface area (Å²) >= 11 is 12.2. The first-order chi connectivity index (χ1) is 10.4. The third kappa shape index (κ3) is 2.42. The molecule has 0 spiro atoms. The molecule has 2 saturated heterocycles. The van der Waals surface area contributed by atoms with E-state index in [9.17, 15) is 14.7 Å². The highest BCUT2D eigenvalue weighted by molar-refractivity contribution is 6.42. The SMILES string of the molecule is C[C@H]1NC(=O)[C@H]2C[C@@H](c3c(O)ccc(Cl)c3Cl)CCN2C1=O. The lowest BCUT2D eigenvalue weighted by Crippen LogP contribution is -2.64. The topological polar surface area (TPSA) is 69.6 Å². The summed E-state index contributed by atoms with van der Waals surface area (Å²) in [6.07, 6.45) is 1.06. The largest absolute Gasteiger partial charge is 0.508 e. The summed E-state index contributed by atoms with van der Waals surface area (Å²) in [6.45, 7) is 2.15. The van der Waals surface area contributed by atoms with E-state index in [0.29, 0.717) is 35.0 Å². The van der Waals surface area contributed by atoms with Crippen LogP contribution in [0.1, 0.15) is 31.2 Å². The van der Waals surface area contributed by atoms with Crippen LogP contribution in [0.5, 0.6) is 5.75 Å². The van der Waals surface area contributed by atoms with E-state index in [1.807, 2.05) is 0 Å². The van der Waals surface area contributed by atoms with E-state index in [1.165, 1.54) is 12.1 Å². The monoisotopic (exact) mass is 342 g/mol. The van der Waals surface area contributed by atoms with E-state index >= 15 is 0 Å². The molecule has 0 unspecified atom stereocenters. The summed E-state index contributed by atoms with van der Waals surface area (Å²) in [7, 11) is 0. The number of nitrogens with one attached hydrogen (secondary N) is 1. The van der Waals surface area contributed by atoms with Gasteiger partial charge >= 0.3 is 0 Å². The van der Waals surface area contributed by atoms with E-state index in [-0.39, 0.29) is 23.5 Å². The smallest absolute Gasteiger partial charge is 0.245 e. The number of benzene rings is 1. The lowest BCUT2D eigenvalue weighted by molar-refractivity contribution is -0.151. The van der Waals surface area contributed by atoms with Gasteiger partial charge in [-0.3, -0.25) is 9.59 Å². The number of fused-ring (bicyclic) bond motifs is 1. The number of hydrogen-bond donors (Lipinski definition) is 2. The Balaban J connectivity index is 1.90. The van der Waals surface area contributed by atoms with Crippen molar-refractivity contribution in [3.8, 4) is 5.75 Å². The van der Waals surface area contributed by atoms with Gasteiger partial charge in [0.2, 0.25) is 11.8 Å². The summed E-state index contributed by atoms with van der Waals surface area (Å²) in [5.41, 5.74) is 0.563. The Hall–Kier alpha value is -1.46. The zero-order valence-electron chi connectivity index (χ0n) is 12.0. The molecule has 0 aliphatic carbocycles. The van der Waals surface area contributed by atoms with Crippen LogP contribution in [0.25, 0.3) is 0 Å². The molecule has 3 atom stereocenters. The highest BCUT2D eigenvalue weighted by atomic mass is 35.5. The third-order valence-corrected chi connectivity index (χ3v) is 5.25. The number of aromatic hydroxyl groups is 1. The average Bonchev–Trinajstić information content (AvgIpc) is 2.49. The van der Waals surface area contributed by atoms with Crippen LogP contribution in [0.2, 0.25) is 10.0 Å². The number of piperidine rings is 1. The highest BCUT2D eigenvalue weighted by Crippen LogP contribution is 2.43. The van der Waals surface area contributed by atoms with Crippen LogP contribution in [-0.4, -0.2) is 40.4 Å². The van der Waals surface area contributed by atoms with Gasteiger partial charge in [0.1, 0.15) is 17.8 Å². The first-order valence-electron chi connectivity index (χ1n) is 7.18. The van der Waals surface area contributed by atoms with Gasteiger partial charge in [-0.15, -0.1) is 0 Å². The van der Waals surface area contributed by atoms with Gasteiger partial charge in [0.15, 0.2) is 0 Å². The maximum atomic E-state index is 12.2. The fraction of sp³-hybridized carbons (Fsp3) is 0.467. The predicted molar refractivity (Wildman–Crippen MR) is 83.2 cm³/mol. The minimum Gasteiger partial charge on any atom is -0.508 e. The number of halogens is 2. The van der Waals surface area contributed by atoms with Crippen molar-refractivity contribution in [2.75, 3.05) is 6.54 Å². The zero-order chi connectivity index (χ0) is 16.0. The fourth-order valence-electron chi connectivity index (χ4n) is 3.30. The van der Waals surface area contributed by atoms with Gasteiger partial charge in [-0.25, -0.2) is 0 Å². The molecule has 0 aromatic heterocycles. The Bertz CT molecular complexity index is 650. The van der Waals surface area contributed by atoms with Gasteiger partial charge in [0.05, 0.1) is 10.0 Å². The quantitative estimate of drug-likeness (QED) is 0.822. The average molecular weight is 343 g/mol. The minimum absolute atomic E-state index is 0.0653. The molecule has 2 fully saturated rings. The lowest BCUT2D eigenvalue weighted by Gasteiger charge is -2.43. The molecule has 22 heavy (non-hydrogen) atoms. The molecule has 2 N–H and O–H groups in total. The van der Waals surface area contributed by atoms with Gasteiger partial charge in [0, 0.05) is 12.1 Å². The van der Waals surface area contributed by atoms with E-state index in [2.05, 4.69) is 5.32 Å². The van der Waals surface area contributed by atoms with Crippen LogP contribution in [0.15, 0.2) is 12.1 Å². The Kier molecular flexibility index (Phi) is 3.95. The molecule has 2 amide bonds. The summed E-state index contributed by atoms with van der Waals surface area (Å²) in [5, 5.41) is 13.5. The van der Waals surface area contributed by atoms with Crippen LogP contribution in [0.3, 0.4) is 0 Å². The molecule has 2 heterocycles. The minimum atomic E-state index is -0.517. The van der Waals surface area contributed by atoms with Crippen molar-refractivity contribution in [2.24, 2.45) is 0 Å². The van der Waals surface area contributed by atoms with Crippen molar-refractivity contribution in [2.45, 2.75) is 37.8 Å². The van der Waals surface area contributed by atoms with Gasteiger partial charge in [0.25, 0.3) is 0 Å². The van der Waals surface area contributed by atoms with Crippen LogP contribution in [0, 0.1) is 0 Å². The molecule has 1 aromatic carbocycles. The summed E-state index contributed by atoms with van der Waals surface area (Å²) < 4.78 is 0. The summed E-state index contributed by atoms with van der Waals surface area (Å²) in [5.74, 6) is -0.262. The lowest BCUT2D eigenvalue weighted by atomic mass is 9.83. The molecular formula is C15H16Cl2N2O3. The molecule has 118 valence electrons. The standard InChI is InChI=1S/C15H16Cl2N2O3/c1-7-15(22)19-5-4-8(6-10(19)14(21)18-7)12-11(20)3-2-9(16)13(12)17/h2-3,7-8,10,20H,4-6H2,1H3,(H,18,21)/t7-,8+,10-/m1/s1. The maximum absolute atomic E-state index is 12.2. The Morgan fingerprint density at radius 1 is 1.32 bits per heavy atom. The van der Waals surface area contributed by atoms with Gasteiger partial charge in [-0.05, 0) is 37.8 Å². The second kappa shape index (κ2) is 5.63. The number of carbonyl (C=O) groups excluding carboxylic acids is 2. The van der Waals surface area contributed by atoms with E-state index in [1.54, 1.807) is 11.8 Å². The number of phenolic OH excluding ortho intramolecular Hbond substituents is 1. The van der Waals surface area contributed by atoms with Gasteiger partial charge in [-0.1, -0.05) is 23.2 Å². The normalized spacial score (nSPS) is 28.3. The molecule has 0 bridgehead atoms. The second-order valence-corrected chi connectivity index (χ2v) is 6.58. The van der Waals surface area contributed by atoms with Crippen molar-refractivity contribution in [1.82, 2.24) is 10.2 Å². The summed E-state index contributed by atoms with van der Waals surface area (Å²) in [6, 6.07) is 2.04. The van der Waals surface area contributed by atoms with E-state index in [0.717, 1.165) is 0 Å². The summed E-state index contributed by atoms with van der Waals surface area (Å²) in [4.78, 5) is 25.9. The van der Waals surface area contributed by atoms with Crippen LogP contribution < -0.4 is 5.32 Å². The number of hydrogen-bond acceptors (Lipinski definition) is 3. The van der Waals surface area contributed by atoms with Crippen LogP contribution in [-0.2, 0) is 9.59 Å². The molecule has 3 rings (SSSR count). The van der Waals surface area contributed by atoms with Crippen LogP contribution >= 0.6 is 23.2 Å². The van der Waals surface area contributed by atoms with Crippen molar-refractivity contribution in [1.29, 1.82) is 0 Å². The Labute approximate surface area is 138 Å². The zero-order valence-corrected chi connectivity index (χ0v) is 13.5. The van der Waals surface area contributed by atoms with Crippen molar-refractivity contribution in [3.05, 3.63) is 27.7 Å². The third-order valence-electron chi connectivity index (χ3n) is 4.44. The number of piperazine rings is 1. The van der Waals surface area contributed by atoms with E-state index in [4.69, 9.17) is 23.2 Å². The molecule has 7 heteroatoms. The molecule has 5 nitrogen and oxygen atoms in total. The first kappa shape index (κ1) is 15.4. The molecule has 2 aliphatic rings. The Morgan fingerprint density at radius 2 is 2.05 bits per heavy atom. The van der Waals surface area contributed by atoms with Crippen molar-refractivity contribution >= 4 is 35.0 Å². The van der Waals surface area contributed by atoms with Gasteiger partial charge in [-0.2, -0.15) is 0 Å². The molecule has 0 radical (unpaired) electrons. The molecular weight excluding hydrogens is 327 g/mol. The molecule has 2 aliphatic heterocycles. The van der Waals surface area contributed by atoms with E-state index < -0.39 is 12.1 Å². The Morgan fingerprint density at radius 3 is 2.77 bits per heavy atom. The number of carbonyl (C=O) groups is 2. The predicted octanol–water partition coefficient (Wildman–Crippen LogP) is 2.29. The van der Waals surface area contributed by atoms with Gasteiger partial charge < -0.3 is 15.3 Å². The first-order valence-corrected chi connectivity index (χ1v) is 7.93. The fourth-order valence-corrected chi connectivity index (χ4v) is 3.78. The van der Waals surface area contributed by atoms with Crippen molar-refractivity contribution < 1.29 is 14.7 Å². The molecule has 0 saturated carbocycles.